The maximum Gasteiger partial charge on any atom is 0.225 e. The zero-order valence-corrected chi connectivity index (χ0v) is 16.8. The maximum atomic E-state index is 13.2. The molecule has 5 heteroatoms. The third-order valence-electron chi connectivity index (χ3n) is 6.21. The number of anilines is 1. The van der Waals surface area contributed by atoms with Gasteiger partial charge in [0.15, 0.2) is 5.78 Å². The van der Waals surface area contributed by atoms with Gasteiger partial charge in [0, 0.05) is 41.0 Å². The molecule has 2 aromatic carbocycles. The van der Waals surface area contributed by atoms with Crippen molar-refractivity contribution in [1.82, 2.24) is 9.97 Å². The van der Waals surface area contributed by atoms with Crippen molar-refractivity contribution in [3.8, 4) is 11.1 Å². The van der Waals surface area contributed by atoms with Crippen LogP contribution in [0.2, 0.25) is 5.02 Å². The number of Topliss-reactive ketones (excluding diaryl/α,β-unsaturated/α-hetero) is 1. The minimum Gasteiger partial charge on any atom is -0.335 e. The van der Waals surface area contributed by atoms with Crippen molar-refractivity contribution in [2.24, 2.45) is 5.92 Å². The molecule has 2 fully saturated rings. The van der Waals surface area contributed by atoms with Crippen LogP contribution in [-0.2, 0) is 0 Å². The van der Waals surface area contributed by atoms with Crippen LogP contribution in [0.5, 0.6) is 0 Å². The van der Waals surface area contributed by atoms with E-state index in [1.165, 1.54) is 0 Å². The quantitative estimate of drug-likeness (QED) is 0.545. The van der Waals surface area contributed by atoms with Crippen molar-refractivity contribution in [2.45, 2.75) is 37.8 Å². The van der Waals surface area contributed by atoms with Crippen LogP contribution in [0.4, 0.5) is 5.95 Å². The second kappa shape index (κ2) is 7.60. The Morgan fingerprint density at radius 1 is 0.897 bits per heavy atom. The van der Waals surface area contributed by atoms with E-state index in [9.17, 15) is 4.79 Å². The molecule has 29 heavy (non-hydrogen) atoms. The first-order chi connectivity index (χ1) is 14.2. The maximum absolute atomic E-state index is 13.2. The predicted octanol–water partition coefficient (Wildman–Crippen LogP) is 5.43. The van der Waals surface area contributed by atoms with Gasteiger partial charge in [0.2, 0.25) is 5.95 Å². The van der Waals surface area contributed by atoms with Gasteiger partial charge in [-0.1, -0.05) is 48.0 Å². The van der Waals surface area contributed by atoms with Crippen molar-refractivity contribution in [1.29, 1.82) is 0 Å². The molecule has 0 spiro atoms. The first kappa shape index (κ1) is 18.3. The SMILES string of the molecule is O=C(c1ccc(-c2cccc(Cl)c2)cc1)C1CC2CCC(C1)N2c1ncccn1. The van der Waals surface area contributed by atoms with Crippen LogP contribution in [0, 0.1) is 5.92 Å². The molecule has 2 atom stereocenters. The van der Waals surface area contributed by atoms with Crippen LogP contribution >= 0.6 is 11.6 Å². The van der Waals surface area contributed by atoms with Gasteiger partial charge < -0.3 is 4.90 Å². The highest BCUT2D eigenvalue weighted by Crippen LogP contribution is 2.41. The van der Waals surface area contributed by atoms with Crippen molar-refractivity contribution in [2.75, 3.05) is 4.90 Å². The predicted molar refractivity (Wildman–Crippen MR) is 115 cm³/mol. The van der Waals surface area contributed by atoms with Crippen molar-refractivity contribution < 1.29 is 4.79 Å². The van der Waals surface area contributed by atoms with Crippen molar-refractivity contribution >= 4 is 23.3 Å². The van der Waals surface area contributed by atoms with Crippen LogP contribution < -0.4 is 4.90 Å². The zero-order valence-electron chi connectivity index (χ0n) is 16.0. The van der Waals surface area contributed by atoms with Crippen LogP contribution in [0.25, 0.3) is 11.1 Å². The van der Waals surface area contributed by atoms with Gasteiger partial charge in [-0.05, 0) is 55.0 Å². The number of carbonyl (C=O) groups is 1. The molecule has 2 unspecified atom stereocenters. The third-order valence-corrected chi connectivity index (χ3v) is 6.45. The molecule has 2 aliphatic rings. The highest BCUT2D eigenvalue weighted by molar-refractivity contribution is 6.30. The van der Waals surface area contributed by atoms with E-state index in [0.29, 0.717) is 17.1 Å². The smallest absolute Gasteiger partial charge is 0.225 e. The topological polar surface area (TPSA) is 46.1 Å². The minimum absolute atomic E-state index is 0.0736. The van der Waals surface area contributed by atoms with Gasteiger partial charge in [-0.25, -0.2) is 9.97 Å². The molecule has 0 N–H and O–H groups in total. The molecule has 3 aromatic rings. The fraction of sp³-hybridized carbons (Fsp3) is 0.292. The van der Waals surface area contributed by atoms with Crippen molar-refractivity contribution in [3.05, 3.63) is 77.6 Å². The summed E-state index contributed by atoms with van der Waals surface area (Å²) in [5.74, 6) is 1.13. The summed E-state index contributed by atoms with van der Waals surface area (Å²) in [5, 5.41) is 0.715. The van der Waals surface area contributed by atoms with Gasteiger partial charge in [0.05, 0.1) is 0 Å². The summed E-state index contributed by atoms with van der Waals surface area (Å²) < 4.78 is 0. The number of ketones is 1. The molecule has 5 rings (SSSR count). The summed E-state index contributed by atoms with van der Waals surface area (Å²) in [7, 11) is 0. The molecule has 4 nitrogen and oxygen atoms in total. The number of carbonyl (C=O) groups excluding carboxylic acids is 1. The Hall–Kier alpha value is -2.72. The molecule has 3 heterocycles. The first-order valence-corrected chi connectivity index (χ1v) is 10.5. The highest BCUT2D eigenvalue weighted by atomic mass is 35.5. The number of hydrogen-bond donors (Lipinski definition) is 0. The fourth-order valence-corrected chi connectivity index (χ4v) is 5.06. The monoisotopic (exact) mass is 403 g/mol. The summed E-state index contributed by atoms with van der Waals surface area (Å²) in [4.78, 5) is 24.4. The number of nitrogens with zero attached hydrogens (tertiary/aromatic N) is 3. The molecule has 2 aliphatic heterocycles. The van der Waals surface area contributed by atoms with E-state index in [-0.39, 0.29) is 11.7 Å². The van der Waals surface area contributed by atoms with Gasteiger partial charge in [-0.2, -0.15) is 0 Å². The fourth-order valence-electron chi connectivity index (χ4n) is 4.87. The number of hydrogen-bond acceptors (Lipinski definition) is 4. The van der Waals surface area contributed by atoms with E-state index in [1.807, 2.05) is 54.6 Å². The number of rotatable bonds is 4. The summed E-state index contributed by atoms with van der Waals surface area (Å²) in [6, 6.07) is 18.3. The van der Waals surface area contributed by atoms with E-state index in [1.54, 1.807) is 12.4 Å². The largest absolute Gasteiger partial charge is 0.335 e. The number of fused-ring (bicyclic) bond motifs is 2. The third kappa shape index (κ3) is 3.53. The van der Waals surface area contributed by atoms with Gasteiger partial charge in [-0.3, -0.25) is 4.79 Å². The lowest BCUT2D eigenvalue weighted by atomic mass is 9.84. The van der Waals surface area contributed by atoms with E-state index >= 15 is 0 Å². The minimum atomic E-state index is 0.0736. The zero-order chi connectivity index (χ0) is 19.8. The van der Waals surface area contributed by atoms with Gasteiger partial charge >= 0.3 is 0 Å². The lowest BCUT2D eigenvalue weighted by molar-refractivity contribution is 0.0885. The lowest BCUT2D eigenvalue weighted by Crippen LogP contribution is -2.45. The Balaban J connectivity index is 1.32. The van der Waals surface area contributed by atoms with Gasteiger partial charge in [0.1, 0.15) is 0 Å². The normalized spacial score (nSPS) is 23.2. The number of halogens is 1. The number of benzene rings is 2. The average Bonchev–Trinajstić information content (AvgIpc) is 3.03. The highest BCUT2D eigenvalue weighted by Gasteiger charge is 2.44. The molecule has 2 saturated heterocycles. The second-order valence-corrected chi connectivity index (χ2v) is 8.40. The van der Waals surface area contributed by atoms with E-state index in [2.05, 4.69) is 14.9 Å². The average molecular weight is 404 g/mol. The molecule has 0 radical (unpaired) electrons. The van der Waals surface area contributed by atoms with Crippen LogP contribution in [0.1, 0.15) is 36.0 Å². The first-order valence-electron chi connectivity index (χ1n) is 10.1. The molecule has 1 aromatic heterocycles. The van der Waals surface area contributed by atoms with Gasteiger partial charge in [-0.15, -0.1) is 0 Å². The molecule has 0 aliphatic carbocycles. The summed E-state index contributed by atoms with van der Waals surface area (Å²) in [6.45, 7) is 0. The summed E-state index contributed by atoms with van der Waals surface area (Å²) in [5.41, 5.74) is 2.93. The second-order valence-electron chi connectivity index (χ2n) is 7.96. The molecular weight excluding hydrogens is 382 g/mol. The molecule has 0 saturated carbocycles. The standard InChI is InChI=1S/C24H22ClN3O/c25-20-4-1-3-18(13-20)16-5-7-17(8-6-16)23(29)19-14-21-9-10-22(15-19)28(21)24-26-11-2-12-27-24/h1-8,11-13,19,21-22H,9-10,14-15H2. The Morgan fingerprint density at radius 3 is 2.24 bits per heavy atom. The van der Waals surface area contributed by atoms with Crippen LogP contribution in [-0.4, -0.2) is 27.8 Å². The lowest BCUT2D eigenvalue weighted by Gasteiger charge is -2.38. The van der Waals surface area contributed by atoms with E-state index in [0.717, 1.165) is 48.3 Å². The van der Waals surface area contributed by atoms with Crippen LogP contribution in [0.15, 0.2) is 67.0 Å². The Bertz CT molecular complexity index is 1010. The van der Waals surface area contributed by atoms with Crippen molar-refractivity contribution in [3.63, 3.8) is 0 Å². The van der Waals surface area contributed by atoms with E-state index < -0.39 is 0 Å². The Labute approximate surface area is 175 Å². The Kier molecular flexibility index (Phi) is 4.80. The number of piperidine rings is 1. The molecule has 146 valence electrons. The summed E-state index contributed by atoms with van der Waals surface area (Å²) >= 11 is 6.10. The molecule has 0 amide bonds. The van der Waals surface area contributed by atoms with Gasteiger partial charge in [0.25, 0.3) is 0 Å². The number of aromatic nitrogens is 2. The van der Waals surface area contributed by atoms with E-state index in [4.69, 9.17) is 11.6 Å². The van der Waals surface area contributed by atoms with Crippen LogP contribution in [0.3, 0.4) is 0 Å². The molecular formula is C24H22ClN3O. The Morgan fingerprint density at radius 2 is 1.59 bits per heavy atom. The molecule has 2 bridgehead atoms. The summed E-state index contributed by atoms with van der Waals surface area (Å²) in [6.07, 6.45) is 7.56.